The Hall–Kier alpha value is -1.11. The van der Waals surface area contributed by atoms with Crippen LogP contribution in [0.3, 0.4) is 0 Å². The number of allylic oxidation sites excluding steroid dienone is 6. The lowest BCUT2D eigenvalue weighted by atomic mass is 9.59. The SMILES string of the molecule is CCC1C=CC(C)C2(C=C(C(C)(C)C)C(=O)C(C(C)(C)C)=C2)C1. The molecule has 2 atom stereocenters. The van der Waals surface area contributed by atoms with E-state index in [2.05, 4.69) is 79.7 Å². The van der Waals surface area contributed by atoms with E-state index in [1.165, 1.54) is 0 Å². The Kier molecular flexibility index (Phi) is 4.56. The van der Waals surface area contributed by atoms with Crippen LogP contribution in [0.4, 0.5) is 0 Å². The number of Topliss-reactive ketones (excluding diaryl/α,β-unsaturated/α-hetero) is 1. The molecule has 0 aliphatic heterocycles. The van der Waals surface area contributed by atoms with Gasteiger partial charge in [-0.2, -0.15) is 0 Å². The van der Waals surface area contributed by atoms with Gasteiger partial charge in [-0.3, -0.25) is 4.79 Å². The van der Waals surface area contributed by atoms with Crippen molar-refractivity contribution in [1.29, 1.82) is 0 Å². The van der Waals surface area contributed by atoms with E-state index in [9.17, 15) is 4.79 Å². The molecule has 0 saturated carbocycles. The zero-order valence-corrected chi connectivity index (χ0v) is 16.3. The molecule has 2 rings (SSSR count). The number of carbonyl (C=O) groups excluding carboxylic acids is 1. The number of ketones is 1. The first kappa shape index (κ1) is 18.2. The minimum absolute atomic E-state index is 0.00539. The van der Waals surface area contributed by atoms with Crippen molar-refractivity contribution in [3.05, 3.63) is 35.5 Å². The van der Waals surface area contributed by atoms with Gasteiger partial charge in [-0.25, -0.2) is 0 Å². The molecule has 1 spiro atoms. The van der Waals surface area contributed by atoms with Crippen LogP contribution < -0.4 is 0 Å². The molecule has 23 heavy (non-hydrogen) atoms. The lowest BCUT2D eigenvalue weighted by Crippen LogP contribution is -2.38. The second kappa shape index (κ2) is 5.76. The quantitative estimate of drug-likeness (QED) is 0.533. The molecule has 0 amide bonds. The van der Waals surface area contributed by atoms with E-state index < -0.39 is 0 Å². The Balaban J connectivity index is 2.65. The van der Waals surface area contributed by atoms with Crippen LogP contribution in [0.25, 0.3) is 0 Å². The van der Waals surface area contributed by atoms with Crippen molar-refractivity contribution in [2.45, 2.75) is 68.2 Å². The molecule has 0 N–H and O–H groups in total. The minimum Gasteiger partial charge on any atom is -0.289 e. The van der Waals surface area contributed by atoms with Gasteiger partial charge in [0, 0.05) is 16.6 Å². The van der Waals surface area contributed by atoms with E-state index in [1.54, 1.807) is 0 Å². The molecular weight excluding hydrogens is 280 g/mol. The van der Waals surface area contributed by atoms with Crippen LogP contribution in [-0.4, -0.2) is 5.78 Å². The summed E-state index contributed by atoms with van der Waals surface area (Å²) in [4.78, 5) is 13.1. The fraction of sp³-hybridized carbons (Fsp3) is 0.682. The molecule has 1 heteroatoms. The summed E-state index contributed by atoms with van der Waals surface area (Å²) < 4.78 is 0. The first-order valence-corrected chi connectivity index (χ1v) is 9.10. The number of rotatable bonds is 1. The van der Waals surface area contributed by atoms with E-state index >= 15 is 0 Å². The van der Waals surface area contributed by atoms with Crippen molar-refractivity contribution >= 4 is 5.78 Å². The Morgan fingerprint density at radius 2 is 1.48 bits per heavy atom. The van der Waals surface area contributed by atoms with Crippen LogP contribution in [0.5, 0.6) is 0 Å². The zero-order chi connectivity index (χ0) is 17.6. The fourth-order valence-electron chi connectivity index (χ4n) is 3.84. The number of hydrogen-bond acceptors (Lipinski definition) is 1. The molecule has 1 nitrogen and oxygen atoms in total. The van der Waals surface area contributed by atoms with Crippen LogP contribution in [0.15, 0.2) is 35.5 Å². The van der Waals surface area contributed by atoms with E-state index in [-0.39, 0.29) is 22.0 Å². The van der Waals surface area contributed by atoms with Crippen molar-refractivity contribution in [2.24, 2.45) is 28.1 Å². The Morgan fingerprint density at radius 1 is 1.00 bits per heavy atom. The van der Waals surface area contributed by atoms with Gasteiger partial charge in [-0.05, 0) is 35.5 Å². The van der Waals surface area contributed by atoms with E-state index in [0.29, 0.717) is 11.8 Å². The summed E-state index contributed by atoms with van der Waals surface area (Å²) in [5.41, 5.74) is 1.77. The molecule has 0 fully saturated rings. The van der Waals surface area contributed by atoms with Crippen molar-refractivity contribution in [3.8, 4) is 0 Å². The van der Waals surface area contributed by atoms with Gasteiger partial charge in [-0.1, -0.05) is 79.7 Å². The maximum atomic E-state index is 13.1. The summed E-state index contributed by atoms with van der Waals surface area (Å²) in [6.07, 6.45) is 11.7. The smallest absolute Gasteiger partial charge is 0.185 e. The van der Waals surface area contributed by atoms with E-state index in [0.717, 1.165) is 24.0 Å². The predicted octanol–water partition coefficient (Wildman–Crippen LogP) is 6.12. The van der Waals surface area contributed by atoms with E-state index in [1.807, 2.05) is 0 Å². The summed E-state index contributed by atoms with van der Waals surface area (Å²) in [5.74, 6) is 1.30. The average molecular weight is 315 g/mol. The molecule has 0 aromatic rings. The maximum absolute atomic E-state index is 13.1. The topological polar surface area (TPSA) is 17.1 Å². The molecular formula is C22H34O. The molecule has 2 aliphatic rings. The first-order valence-electron chi connectivity index (χ1n) is 9.10. The highest BCUT2D eigenvalue weighted by atomic mass is 16.1. The second-order valence-electron chi connectivity index (χ2n) is 9.60. The summed E-state index contributed by atoms with van der Waals surface area (Å²) in [7, 11) is 0. The number of carbonyl (C=O) groups is 1. The van der Waals surface area contributed by atoms with Crippen molar-refractivity contribution in [2.75, 3.05) is 0 Å². The molecule has 0 saturated heterocycles. The van der Waals surface area contributed by atoms with Gasteiger partial charge < -0.3 is 0 Å². The summed E-state index contributed by atoms with van der Waals surface area (Å²) in [6.45, 7) is 17.5. The average Bonchev–Trinajstić information content (AvgIpc) is 2.41. The van der Waals surface area contributed by atoms with Gasteiger partial charge in [0.25, 0.3) is 0 Å². The molecule has 0 aromatic carbocycles. The summed E-state index contributed by atoms with van der Waals surface area (Å²) in [5, 5.41) is 0. The third-order valence-electron chi connectivity index (χ3n) is 5.59. The summed E-state index contributed by atoms with van der Waals surface area (Å²) >= 11 is 0. The standard InChI is InChI=1S/C22H34O/c1-9-16-11-10-15(2)22(12-16)13-17(20(3,4)5)19(23)18(14-22)21(6,7)8/h10-11,13-16H,9,12H2,1-8H3. The molecule has 0 bridgehead atoms. The van der Waals surface area contributed by atoms with E-state index in [4.69, 9.17) is 0 Å². The zero-order valence-electron chi connectivity index (χ0n) is 16.3. The van der Waals surface area contributed by atoms with Crippen LogP contribution in [0.2, 0.25) is 0 Å². The molecule has 0 heterocycles. The predicted molar refractivity (Wildman–Crippen MR) is 99.2 cm³/mol. The molecule has 0 aromatic heterocycles. The lowest BCUT2D eigenvalue weighted by Gasteiger charge is -2.45. The first-order chi connectivity index (χ1) is 10.4. The highest BCUT2D eigenvalue weighted by Gasteiger charge is 2.44. The van der Waals surface area contributed by atoms with Crippen LogP contribution >= 0.6 is 0 Å². The van der Waals surface area contributed by atoms with Crippen LogP contribution in [0, 0.1) is 28.1 Å². The maximum Gasteiger partial charge on any atom is 0.185 e. The third-order valence-corrected chi connectivity index (χ3v) is 5.59. The molecule has 2 unspecified atom stereocenters. The second-order valence-corrected chi connectivity index (χ2v) is 9.60. The van der Waals surface area contributed by atoms with Gasteiger partial charge >= 0.3 is 0 Å². The van der Waals surface area contributed by atoms with Gasteiger partial charge in [0.05, 0.1) is 0 Å². The third kappa shape index (κ3) is 3.39. The van der Waals surface area contributed by atoms with Gasteiger partial charge in [0.15, 0.2) is 5.78 Å². The Labute approximate surface area is 142 Å². The van der Waals surface area contributed by atoms with Crippen LogP contribution in [0.1, 0.15) is 68.2 Å². The summed E-state index contributed by atoms with van der Waals surface area (Å²) in [6, 6.07) is 0. The number of hydrogen-bond donors (Lipinski definition) is 0. The van der Waals surface area contributed by atoms with Gasteiger partial charge in [0.1, 0.15) is 0 Å². The fourth-order valence-corrected chi connectivity index (χ4v) is 3.84. The van der Waals surface area contributed by atoms with Gasteiger partial charge in [0.2, 0.25) is 0 Å². The largest absolute Gasteiger partial charge is 0.289 e. The van der Waals surface area contributed by atoms with Crippen molar-refractivity contribution in [3.63, 3.8) is 0 Å². The van der Waals surface area contributed by atoms with Gasteiger partial charge in [-0.15, -0.1) is 0 Å². The molecule has 128 valence electrons. The highest BCUT2D eigenvalue weighted by molar-refractivity contribution is 6.11. The Morgan fingerprint density at radius 3 is 1.87 bits per heavy atom. The van der Waals surface area contributed by atoms with Crippen LogP contribution in [-0.2, 0) is 4.79 Å². The van der Waals surface area contributed by atoms with Crippen molar-refractivity contribution < 1.29 is 4.79 Å². The lowest BCUT2D eigenvalue weighted by molar-refractivity contribution is -0.114. The molecule has 2 aliphatic carbocycles. The minimum atomic E-state index is -0.114. The normalized spacial score (nSPS) is 27.9. The molecule has 0 radical (unpaired) electrons. The Bertz CT molecular complexity index is 538. The highest BCUT2D eigenvalue weighted by Crippen LogP contribution is 2.51. The van der Waals surface area contributed by atoms with Crippen molar-refractivity contribution in [1.82, 2.24) is 0 Å². The monoisotopic (exact) mass is 314 g/mol.